The number of rotatable bonds is 16. The first-order chi connectivity index (χ1) is 59.7. The minimum Gasteiger partial charge on any atom is -0.462 e. The third kappa shape index (κ3) is 28.7. The van der Waals surface area contributed by atoms with Crippen molar-refractivity contribution in [3.05, 3.63) is 259 Å². The zero-order valence-corrected chi connectivity index (χ0v) is 77.6. The van der Waals surface area contributed by atoms with Crippen LogP contribution in [0.1, 0.15) is 187 Å². The zero-order chi connectivity index (χ0) is 90.0. The number of carbonyl (C=O) groups excluding carboxylic acids is 7. The molecule has 4 aliphatic rings. The van der Waals surface area contributed by atoms with E-state index in [1.54, 1.807) is 90.9 Å². The molecule has 4 saturated heterocycles. The maximum absolute atomic E-state index is 12.5. The molecule has 0 aliphatic carbocycles. The summed E-state index contributed by atoms with van der Waals surface area (Å²) in [7, 11) is 0. The molecule has 31 heteroatoms. The summed E-state index contributed by atoms with van der Waals surface area (Å²) in [6.07, 6.45) is 7.50. The van der Waals surface area contributed by atoms with E-state index in [0.717, 1.165) is 108 Å². The van der Waals surface area contributed by atoms with Crippen LogP contribution < -0.4 is 11.1 Å². The second-order valence-corrected chi connectivity index (χ2v) is 35.9. The van der Waals surface area contributed by atoms with Crippen LogP contribution >= 0.6 is 63.7 Å². The van der Waals surface area contributed by atoms with Crippen molar-refractivity contribution in [1.82, 2.24) is 55.5 Å². The Kier molecular flexibility index (Phi) is 34.7. The van der Waals surface area contributed by atoms with E-state index >= 15 is 0 Å². The van der Waals surface area contributed by atoms with Gasteiger partial charge in [-0.05, 0) is 228 Å². The minimum atomic E-state index is -0.614. The molecule has 0 saturated carbocycles. The highest BCUT2D eigenvalue weighted by molar-refractivity contribution is 9.11. The van der Waals surface area contributed by atoms with Gasteiger partial charge in [0.15, 0.2) is 17.8 Å². The molecule has 15 rings (SSSR count). The summed E-state index contributed by atoms with van der Waals surface area (Å²) in [6.45, 7) is 21.2. The van der Waals surface area contributed by atoms with Crippen LogP contribution in [0.4, 0.5) is 14.4 Å². The number of amides is 4. The lowest BCUT2D eigenvalue weighted by Gasteiger charge is -2.28. The van der Waals surface area contributed by atoms with Crippen LogP contribution in [-0.4, -0.2) is 161 Å². The molecule has 11 aromatic rings. The molecule has 125 heavy (non-hydrogen) atoms. The molecule has 4 fully saturated rings. The SMILES string of the molecule is CC(C)(C)OC(=O)N1CCCC1C(=O)NCC(=O)c1cccc(Br)c1.CC(C)(C)OC(=O)N1CCCC1c1nnc(-c2cccc(-c3ccccc3)c2)o1.CC(C)(C)OC(=O)N1CCCC1c1nnc(-c2cccc(Br)c2)o1.CCOC(=O)c1cccc(Br)c1.N#CN1CCCC1c1nnc(-c2cccc(-c3ccccc3)c2)o1.NCC(=O)c1cccc(Br)c1. The Labute approximate surface area is 761 Å². The highest BCUT2D eigenvalue weighted by atomic mass is 79.9. The van der Waals surface area contributed by atoms with Gasteiger partial charge in [-0.3, -0.25) is 34.0 Å². The van der Waals surface area contributed by atoms with Crippen molar-refractivity contribution in [1.29, 1.82) is 5.26 Å². The number of likely N-dealkylation sites (tertiary alicyclic amines) is 4. The fourth-order valence-electron chi connectivity index (χ4n) is 13.5. The first-order valence-corrected chi connectivity index (χ1v) is 44.1. The fourth-order valence-corrected chi connectivity index (χ4v) is 15.1. The van der Waals surface area contributed by atoms with Crippen molar-refractivity contribution < 1.29 is 65.8 Å². The average Bonchev–Trinajstić information content (AvgIpc) is 1.67. The molecule has 654 valence electrons. The Morgan fingerprint density at radius 3 is 1.20 bits per heavy atom. The van der Waals surface area contributed by atoms with E-state index in [1.165, 1.54) is 4.90 Å². The molecule has 3 aromatic heterocycles. The molecule has 4 atom stereocenters. The molecule has 0 spiro atoms. The highest BCUT2D eigenvalue weighted by Crippen LogP contribution is 2.38. The molecule has 0 bridgehead atoms. The molecular formula is C94H101Br4N13O14. The second kappa shape index (κ2) is 45.4. The molecule has 0 radical (unpaired) electrons. The van der Waals surface area contributed by atoms with Gasteiger partial charge in [0.25, 0.3) is 0 Å². The maximum atomic E-state index is 12.5. The number of aromatic nitrogens is 6. The summed E-state index contributed by atoms with van der Waals surface area (Å²) < 4.78 is 42.4. The van der Waals surface area contributed by atoms with Gasteiger partial charge in [-0.15, -0.1) is 30.6 Å². The number of Topliss-reactive ketones (excluding diaryl/α,β-unsaturated/α-hetero) is 2. The average molecular weight is 1960 g/mol. The van der Waals surface area contributed by atoms with Crippen molar-refractivity contribution >= 4 is 105 Å². The first-order valence-electron chi connectivity index (χ1n) is 40.9. The van der Waals surface area contributed by atoms with Gasteiger partial charge in [-0.2, -0.15) is 5.26 Å². The first kappa shape index (κ1) is 95.7. The molecule has 7 heterocycles. The van der Waals surface area contributed by atoms with E-state index in [0.29, 0.717) is 84.7 Å². The van der Waals surface area contributed by atoms with Gasteiger partial charge in [0.2, 0.25) is 41.3 Å². The number of nitrogens with one attached hydrogen (secondary N) is 1. The topological polar surface area (TPSA) is 348 Å². The number of benzene rings is 8. The normalized spacial score (nSPS) is 15.8. The quantitative estimate of drug-likeness (QED) is 0.0393. The number of esters is 1. The van der Waals surface area contributed by atoms with E-state index in [9.17, 15) is 38.8 Å². The lowest BCUT2D eigenvalue weighted by molar-refractivity contribution is -0.125. The summed E-state index contributed by atoms with van der Waals surface area (Å²) in [4.78, 5) is 90.4. The number of nitriles is 1. The lowest BCUT2D eigenvalue weighted by atomic mass is 10.0. The van der Waals surface area contributed by atoms with Crippen LogP contribution in [-0.2, 0) is 23.7 Å². The number of carbonyl (C=O) groups is 7. The zero-order valence-electron chi connectivity index (χ0n) is 71.3. The molecule has 8 aromatic carbocycles. The fraction of sp³-hybridized carbons (Fsp3) is 0.340. The third-order valence-electron chi connectivity index (χ3n) is 19.2. The van der Waals surface area contributed by atoms with Gasteiger partial charge in [-0.25, -0.2) is 19.2 Å². The number of ether oxygens (including phenoxy) is 4. The monoisotopic (exact) mass is 1950 g/mol. The minimum absolute atomic E-state index is 0.0358. The van der Waals surface area contributed by atoms with Crippen LogP contribution in [0, 0.1) is 11.5 Å². The Balaban J connectivity index is 0.000000161. The largest absolute Gasteiger partial charge is 0.462 e. The Morgan fingerprint density at radius 2 is 0.776 bits per heavy atom. The Bertz CT molecular complexity index is 5510. The van der Waals surface area contributed by atoms with E-state index in [-0.39, 0.29) is 66.8 Å². The number of ketones is 2. The molecule has 3 N–H and O–H groups in total. The maximum Gasteiger partial charge on any atom is 0.410 e. The van der Waals surface area contributed by atoms with Crippen LogP contribution in [0.15, 0.2) is 237 Å². The molecular weight excluding hydrogens is 1850 g/mol. The van der Waals surface area contributed by atoms with E-state index < -0.39 is 28.9 Å². The predicted octanol–water partition coefficient (Wildman–Crippen LogP) is 21.4. The molecule has 27 nitrogen and oxygen atoms in total. The molecule has 4 aliphatic heterocycles. The Morgan fingerprint density at radius 1 is 0.424 bits per heavy atom. The highest BCUT2D eigenvalue weighted by Gasteiger charge is 2.40. The van der Waals surface area contributed by atoms with Crippen LogP contribution in [0.25, 0.3) is 56.6 Å². The van der Waals surface area contributed by atoms with Crippen molar-refractivity contribution in [2.75, 3.05) is 45.9 Å². The van der Waals surface area contributed by atoms with Gasteiger partial charge in [0.05, 0.1) is 25.3 Å². The van der Waals surface area contributed by atoms with Crippen molar-refractivity contribution in [2.24, 2.45) is 5.73 Å². The van der Waals surface area contributed by atoms with Gasteiger partial charge in [0, 0.05) is 71.9 Å². The third-order valence-corrected chi connectivity index (χ3v) is 21.2. The summed E-state index contributed by atoms with van der Waals surface area (Å²) in [5, 5.41) is 36.9. The predicted molar refractivity (Wildman–Crippen MR) is 487 cm³/mol. The Hall–Kier alpha value is -11.6. The number of nitrogens with zero attached hydrogens (tertiary/aromatic N) is 11. The lowest BCUT2D eigenvalue weighted by Crippen LogP contribution is -2.48. The smallest absolute Gasteiger partial charge is 0.410 e. The van der Waals surface area contributed by atoms with Gasteiger partial charge in [-0.1, -0.05) is 185 Å². The van der Waals surface area contributed by atoms with Crippen LogP contribution in [0.5, 0.6) is 0 Å². The summed E-state index contributed by atoms with van der Waals surface area (Å²) in [5.41, 5.74) is 12.3. The van der Waals surface area contributed by atoms with Crippen molar-refractivity contribution in [3.8, 4) is 62.8 Å². The van der Waals surface area contributed by atoms with Crippen molar-refractivity contribution in [2.45, 2.75) is 162 Å². The summed E-state index contributed by atoms with van der Waals surface area (Å²) in [5.74, 6) is 1.99. The van der Waals surface area contributed by atoms with Crippen LogP contribution in [0.2, 0.25) is 0 Å². The van der Waals surface area contributed by atoms with E-state index in [1.807, 2.05) is 163 Å². The number of halogens is 4. The number of hydrogen-bond donors (Lipinski definition) is 2. The second-order valence-electron chi connectivity index (χ2n) is 32.2. The standard InChI is InChI=1S/C23H25N3O3.C19H16N4O.C18H23BrN2O4.C17H20BrN3O3.C9H9BrO2.C8H8BrNO/c1-23(2,3)29-22(27)26-14-8-13-19(26)21-25-24-20(28-21)18-12-7-11-17(15-18)16-9-5-4-6-10-16;20-13-23-11-5-10-17(23)19-22-21-18(24-19)16-9-4-8-15(12-16)14-6-2-1-3-7-14;1-18(2,3)25-17(24)21-9-5-8-14(21)16(23)20-11-15(22)12-6-4-7-13(19)10-12;1-17(2,3)24-16(22)21-9-5-8-13(21)15-20-19-14(23-15)11-6-4-7-12(18)10-11;1-2-12-9(11)7-4-3-5-8(10)6-7;9-7-3-1-2-6(4-7)8(11)5-10/h4-7,9-12,15,19H,8,13-14H2,1-3H3;1-4,6-9,12,17H,5,10-11H2;4,6-7,10,14H,5,8-9,11H2,1-3H3,(H,20,23);4,6-7,10,13H,5,8-9H2,1-3H3;3-6H,2H2,1H3;1-4H,5,10H2. The number of nitrogens with two attached hydrogens (primary N) is 1. The number of hydrogen-bond acceptors (Lipinski definition) is 23. The molecule has 4 amide bonds. The van der Waals surface area contributed by atoms with E-state index in [4.69, 9.17) is 37.9 Å². The van der Waals surface area contributed by atoms with E-state index in [2.05, 4.69) is 142 Å². The van der Waals surface area contributed by atoms with Crippen LogP contribution in [0.3, 0.4) is 0 Å². The van der Waals surface area contributed by atoms with Crippen molar-refractivity contribution in [3.63, 3.8) is 0 Å². The van der Waals surface area contributed by atoms with Gasteiger partial charge < -0.3 is 43.2 Å². The van der Waals surface area contributed by atoms with Gasteiger partial charge >= 0.3 is 24.2 Å². The summed E-state index contributed by atoms with van der Waals surface area (Å²) >= 11 is 13.3. The summed E-state index contributed by atoms with van der Waals surface area (Å²) in [6, 6.07) is 64.2. The van der Waals surface area contributed by atoms with Gasteiger partial charge in [0.1, 0.15) is 41.0 Å². The molecule has 4 unspecified atom stereocenters.